The van der Waals surface area contributed by atoms with Gasteiger partial charge in [-0.2, -0.15) is 0 Å². The Morgan fingerprint density at radius 2 is 1.64 bits per heavy atom. The number of carbonyl (C=O) groups excluding carboxylic acids is 1. The van der Waals surface area contributed by atoms with Gasteiger partial charge in [0.15, 0.2) is 0 Å². The predicted molar refractivity (Wildman–Crippen MR) is 59.4 cm³/mol. The molecule has 0 aliphatic carbocycles. The van der Waals surface area contributed by atoms with Crippen LogP contribution in [0.5, 0.6) is 0 Å². The summed E-state index contributed by atoms with van der Waals surface area (Å²) in [6, 6.07) is 8.31. The molecule has 14 heavy (non-hydrogen) atoms. The minimum Gasteiger partial charge on any atom is -0.299 e. The van der Waals surface area contributed by atoms with Crippen molar-refractivity contribution in [3.8, 4) is 0 Å². The third kappa shape index (κ3) is 2.99. The number of hydrogen-bond donors (Lipinski definition) is 0. The van der Waals surface area contributed by atoms with Gasteiger partial charge in [0.05, 0.1) is 0 Å². The minimum atomic E-state index is 0.140. The number of carbonyl (C=O) groups is 1. The Labute approximate surface area is 86.1 Å². The van der Waals surface area contributed by atoms with Gasteiger partial charge in [0.2, 0.25) is 0 Å². The van der Waals surface area contributed by atoms with Gasteiger partial charge in [0.25, 0.3) is 0 Å². The molecule has 0 spiro atoms. The van der Waals surface area contributed by atoms with Crippen LogP contribution in [0.25, 0.3) is 0 Å². The molecule has 0 amide bonds. The Morgan fingerprint density at radius 1 is 1.14 bits per heavy atom. The summed E-state index contributed by atoms with van der Waals surface area (Å²) in [5, 5.41) is 0. The summed E-state index contributed by atoms with van der Waals surface area (Å²) in [4.78, 5) is 11.5. The van der Waals surface area contributed by atoms with Gasteiger partial charge in [-0.1, -0.05) is 45.0 Å². The van der Waals surface area contributed by atoms with E-state index in [0.29, 0.717) is 12.2 Å². The van der Waals surface area contributed by atoms with Crippen molar-refractivity contribution in [1.82, 2.24) is 0 Å². The van der Waals surface area contributed by atoms with E-state index >= 15 is 0 Å². The average Bonchev–Trinajstić information content (AvgIpc) is 2.19. The van der Waals surface area contributed by atoms with E-state index < -0.39 is 0 Å². The van der Waals surface area contributed by atoms with Gasteiger partial charge in [-0.3, -0.25) is 4.79 Å². The average molecular weight is 190 g/mol. The number of hydrogen-bond acceptors (Lipinski definition) is 1. The number of benzene rings is 1. The van der Waals surface area contributed by atoms with Crippen molar-refractivity contribution in [2.24, 2.45) is 5.92 Å². The summed E-state index contributed by atoms with van der Waals surface area (Å²) >= 11 is 0. The molecule has 1 rings (SSSR count). The maximum atomic E-state index is 11.5. The summed E-state index contributed by atoms with van der Waals surface area (Å²) in [6.07, 6.45) is 1.63. The van der Waals surface area contributed by atoms with Gasteiger partial charge >= 0.3 is 0 Å². The van der Waals surface area contributed by atoms with E-state index in [1.165, 1.54) is 5.56 Å². The minimum absolute atomic E-state index is 0.140. The van der Waals surface area contributed by atoms with Crippen LogP contribution in [0.2, 0.25) is 0 Å². The Balaban J connectivity index is 2.64. The molecule has 1 aromatic rings. The lowest BCUT2D eigenvalue weighted by atomic mass is 10.00. The zero-order chi connectivity index (χ0) is 10.6. The second-order valence-corrected chi connectivity index (χ2v) is 3.97. The molecule has 0 heterocycles. The van der Waals surface area contributed by atoms with Gasteiger partial charge in [-0.25, -0.2) is 0 Å². The largest absolute Gasteiger partial charge is 0.299 e. The molecule has 0 saturated heterocycles. The fourth-order valence-electron chi connectivity index (χ4n) is 1.30. The fraction of sp³-hybridized carbons (Fsp3) is 0.462. The van der Waals surface area contributed by atoms with Crippen LogP contribution in [0.1, 0.15) is 31.9 Å². The number of rotatable bonds is 4. The molecule has 1 aromatic carbocycles. The van der Waals surface area contributed by atoms with Crippen LogP contribution in [-0.4, -0.2) is 5.78 Å². The molecule has 76 valence electrons. The first kappa shape index (κ1) is 11.0. The van der Waals surface area contributed by atoms with Gasteiger partial charge in [-0.15, -0.1) is 0 Å². The van der Waals surface area contributed by atoms with Crippen LogP contribution in [0.4, 0.5) is 0 Å². The second-order valence-electron chi connectivity index (χ2n) is 3.97. The van der Waals surface area contributed by atoms with Crippen LogP contribution >= 0.6 is 0 Å². The van der Waals surface area contributed by atoms with Gasteiger partial charge in [-0.05, 0) is 17.5 Å². The fourth-order valence-corrected chi connectivity index (χ4v) is 1.30. The van der Waals surface area contributed by atoms with Crippen molar-refractivity contribution in [2.45, 2.75) is 33.6 Å². The lowest BCUT2D eigenvalue weighted by Crippen LogP contribution is -2.09. The molecule has 0 N–H and O–H groups in total. The highest BCUT2D eigenvalue weighted by atomic mass is 16.1. The Morgan fingerprint density at radius 3 is 2.07 bits per heavy atom. The van der Waals surface area contributed by atoms with Gasteiger partial charge < -0.3 is 0 Å². The summed E-state index contributed by atoms with van der Waals surface area (Å²) in [6.45, 7) is 6.03. The molecule has 1 heteroatoms. The van der Waals surface area contributed by atoms with E-state index in [1.54, 1.807) is 0 Å². The van der Waals surface area contributed by atoms with Crippen LogP contribution in [0, 0.1) is 5.92 Å². The molecule has 0 fully saturated rings. The smallest absolute Gasteiger partial charge is 0.139 e. The SMILES string of the molecule is CCc1ccc(CC(=O)C(C)C)cc1. The normalized spacial score (nSPS) is 10.6. The lowest BCUT2D eigenvalue weighted by Gasteiger charge is -2.04. The van der Waals surface area contributed by atoms with Gasteiger partial charge in [0, 0.05) is 12.3 Å². The molecule has 0 radical (unpaired) electrons. The maximum absolute atomic E-state index is 11.5. The van der Waals surface area contributed by atoms with Crippen LogP contribution in [-0.2, 0) is 17.6 Å². The summed E-state index contributed by atoms with van der Waals surface area (Å²) in [5.74, 6) is 0.454. The van der Waals surface area contributed by atoms with Crippen molar-refractivity contribution in [1.29, 1.82) is 0 Å². The van der Waals surface area contributed by atoms with E-state index in [0.717, 1.165) is 12.0 Å². The molecule has 0 saturated carbocycles. The number of Topliss-reactive ketones (excluding diaryl/α,β-unsaturated/α-hetero) is 1. The third-order valence-electron chi connectivity index (χ3n) is 2.45. The predicted octanol–water partition coefficient (Wildman–Crippen LogP) is 3.02. The third-order valence-corrected chi connectivity index (χ3v) is 2.45. The van der Waals surface area contributed by atoms with Crippen molar-refractivity contribution < 1.29 is 4.79 Å². The molecule has 1 nitrogen and oxygen atoms in total. The van der Waals surface area contributed by atoms with Crippen LogP contribution in [0.15, 0.2) is 24.3 Å². The maximum Gasteiger partial charge on any atom is 0.139 e. The van der Waals surface area contributed by atoms with Crippen LogP contribution in [0.3, 0.4) is 0 Å². The zero-order valence-corrected chi connectivity index (χ0v) is 9.21. The highest BCUT2D eigenvalue weighted by molar-refractivity contribution is 5.82. The number of aryl methyl sites for hydroxylation is 1. The Bertz CT molecular complexity index is 296. The first-order valence-corrected chi connectivity index (χ1v) is 5.24. The van der Waals surface area contributed by atoms with Crippen LogP contribution < -0.4 is 0 Å². The first-order chi connectivity index (χ1) is 6.63. The molecule has 0 aromatic heterocycles. The highest BCUT2D eigenvalue weighted by Crippen LogP contribution is 2.08. The lowest BCUT2D eigenvalue weighted by molar-refractivity contribution is -0.121. The standard InChI is InChI=1S/C13H18O/c1-4-11-5-7-12(8-6-11)9-13(14)10(2)3/h5-8,10H,4,9H2,1-3H3. The van der Waals surface area contributed by atoms with E-state index in [1.807, 2.05) is 13.8 Å². The molecular weight excluding hydrogens is 172 g/mol. The van der Waals surface area contributed by atoms with Gasteiger partial charge in [0.1, 0.15) is 5.78 Å². The molecule has 0 atom stereocenters. The summed E-state index contributed by atoms with van der Waals surface area (Å²) in [5.41, 5.74) is 2.45. The Kier molecular flexibility index (Phi) is 3.87. The number of ketones is 1. The van der Waals surface area contributed by atoms with Crippen molar-refractivity contribution in [2.75, 3.05) is 0 Å². The van der Waals surface area contributed by atoms with E-state index in [2.05, 4.69) is 31.2 Å². The van der Waals surface area contributed by atoms with Crippen molar-refractivity contribution >= 4 is 5.78 Å². The van der Waals surface area contributed by atoms with E-state index in [-0.39, 0.29) is 5.92 Å². The Hall–Kier alpha value is -1.11. The second kappa shape index (κ2) is 4.94. The van der Waals surface area contributed by atoms with E-state index in [4.69, 9.17) is 0 Å². The topological polar surface area (TPSA) is 17.1 Å². The van der Waals surface area contributed by atoms with Crippen molar-refractivity contribution in [3.63, 3.8) is 0 Å². The first-order valence-electron chi connectivity index (χ1n) is 5.24. The van der Waals surface area contributed by atoms with E-state index in [9.17, 15) is 4.79 Å². The highest BCUT2D eigenvalue weighted by Gasteiger charge is 2.07. The molecule has 0 unspecified atom stereocenters. The summed E-state index contributed by atoms with van der Waals surface area (Å²) < 4.78 is 0. The molecule has 0 bridgehead atoms. The molecule has 0 aliphatic rings. The van der Waals surface area contributed by atoms with Crippen molar-refractivity contribution in [3.05, 3.63) is 35.4 Å². The molecule has 0 aliphatic heterocycles. The zero-order valence-electron chi connectivity index (χ0n) is 9.21. The molecular formula is C13H18O. The summed E-state index contributed by atoms with van der Waals surface area (Å²) in [7, 11) is 0. The quantitative estimate of drug-likeness (QED) is 0.713. The monoisotopic (exact) mass is 190 g/mol.